The van der Waals surface area contributed by atoms with E-state index in [0.29, 0.717) is 11.5 Å². The summed E-state index contributed by atoms with van der Waals surface area (Å²) in [5.41, 5.74) is 1.85. The van der Waals surface area contributed by atoms with Gasteiger partial charge in [0.05, 0.1) is 4.47 Å². The Labute approximate surface area is 162 Å². The van der Waals surface area contributed by atoms with Crippen molar-refractivity contribution in [3.8, 4) is 22.6 Å². The number of para-hydroxylation sites is 1. The van der Waals surface area contributed by atoms with Gasteiger partial charge in [-0.05, 0) is 45.8 Å². The van der Waals surface area contributed by atoms with E-state index in [1.165, 1.54) is 0 Å². The zero-order chi connectivity index (χ0) is 17.6. The second kappa shape index (κ2) is 8.32. The van der Waals surface area contributed by atoms with Crippen LogP contribution in [0.1, 0.15) is 0 Å². The van der Waals surface area contributed by atoms with Crippen LogP contribution in [0.4, 0.5) is 0 Å². The van der Waals surface area contributed by atoms with Crippen molar-refractivity contribution >= 4 is 37.8 Å². The topological polar surface area (TPSA) is 35.5 Å². The first-order valence-electron chi connectivity index (χ1n) is 7.56. The van der Waals surface area contributed by atoms with Gasteiger partial charge in [-0.3, -0.25) is 0 Å². The van der Waals surface area contributed by atoms with Gasteiger partial charge in [-0.2, -0.15) is 0 Å². The Bertz CT molecular complexity index is 879. The normalized spacial score (nSPS) is 10.3. The van der Waals surface area contributed by atoms with E-state index >= 15 is 0 Å². The molecule has 0 heterocycles. The number of carbonyl (C=O) groups excluding carboxylic acids is 1. The van der Waals surface area contributed by atoms with Crippen LogP contribution < -0.4 is 9.47 Å². The van der Waals surface area contributed by atoms with Gasteiger partial charge in [0.2, 0.25) is 0 Å². The smallest absolute Gasteiger partial charge is 0.349 e. The molecule has 0 aliphatic carbocycles. The van der Waals surface area contributed by atoms with Crippen LogP contribution in [0.5, 0.6) is 11.5 Å². The Kier molecular flexibility index (Phi) is 5.89. The van der Waals surface area contributed by atoms with Gasteiger partial charge in [-0.15, -0.1) is 0 Å². The molecule has 0 saturated carbocycles. The standard InChI is InChI=1S/C20H14Br2O3/c21-15-10-11-19(17(22)12-15)24-13-20(23)25-18-9-5-4-8-16(18)14-6-2-1-3-7-14/h1-12H,13H2. The quantitative estimate of drug-likeness (QED) is 0.352. The predicted octanol–water partition coefficient (Wildman–Crippen LogP) is 5.86. The van der Waals surface area contributed by atoms with E-state index in [0.717, 1.165) is 20.1 Å². The molecule has 0 amide bonds. The van der Waals surface area contributed by atoms with Crippen LogP contribution in [-0.2, 0) is 4.79 Å². The van der Waals surface area contributed by atoms with Crippen molar-refractivity contribution in [2.24, 2.45) is 0 Å². The summed E-state index contributed by atoms with van der Waals surface area (Å²) in [4.78, 5) is 12.2. The predicted molar refractivity (Wildman–Crippen MR) is 105 cm³/mol. The monoisotopic (exact) mass is 460 g/mol. The fourth-order valence-electron chi connectivity index (χ4n) is 2.29. The number of halogens is 2. The lowest BCUT2D eigenvalue weighted by Gasteiger charge is -2.11. The van der Waals surface area contributed by atoms with E-state index in [2.05, 4.69) is 31.9 Å². The van der Waals surface area contributed by atoms with E-state index in [1.807, 2.05) is 60.7 Å². The molecule has 0 aromatic heterocycles. The molecule has 3 nitrogen and oxygen atoms in total. The molecule has 3 aromatic carbocycles. The van der Waals surface area contributed by atoms with Gasteiger partial charge in [0.1, 0.15) is 11.5 Å². The Morgan fingerprint density at radius 2 is 1.56 bits per heavy atom. The Morgan fingerprint density at radius 3 is 2.32 bits per heavy atom. The molecule has 0 saturated heterocycles. The van der Waals surface area contributed by atoms with Crippen LogP contribution in [0.25, 0.3) is 11.1 Å². The Hall–Kier alpha value is -2.11. The maximum absolute atomic E-state index is 12.2. The molecule has 126 valence electrons. The van der Waals surface area contributed by atoms with Gasteiger partial charge in [-0.1, -0.05) is 64.5 Å². The second-order valence-electron chi connectivity index (χ2n) is 5.20. The Balaban J connectivity index is 1.69. The molecule has 0 aliphatic rings. The highest BCUT2D eigenvalue weighted by molar-refractivity contribution is 9.11. The summed E-state index contributed by atoms with van der Waals surface area (Å²) in [5, 5.41) is 0. The van der Waals surface area contributed by atoms with Crippen LogP contribution in [0.3, 0.4) is 0 Å². The van der Waals surface area contributed by atoms with Gasteiger partial charge in [0, 0.05) is 10.0 Å². The minimum atomic E-state index is -0.460. The highest BCUT2D eigenvalue weighted by Crippen LogP contribution is 2.30. The van der Waals surface area contributed by atoms with Crippen LogP contribution in [-0.4, -0.2) is 12.6 Å². The van der Waals surface area contributed by atoms with Crippen molar-refractivity contribution in [1.82, 2.24) is 0 Å². The zero-order valence-corrected chi connectivity index (χ0v) is 16.3. The highest BCUT2D eigenvalue weighted by atomic mass is 79.9. The average Bonchev–Trinajstić information content (AvgIpc) is 2.62. The van der Waals surface area contributed by atoms with Crippen molar-refractivity contribution in [2.45, 2.75) is 0 Å². The lowest BCUT2D eigenvalue weighted by molar-refractivity contribution is -0.136. The number of hydrogen-bond donors (Lipinski definition) is 0. The molecule has 0 aliphatic heterocycles. The average molecular weight is 462 g/mol. The summed E-state index contributed by atoms with van der Waals surface area (Å²) in [6, 6.07) is 22.7. The van der Waals surface area contributed by atoms with Crippen molar-refractivity contribution in [2.75, 3.05) is 6.61 Å². The first-order valence-corrected chi connectivity index (χ1v) is 9.15. The van der Waals surface area contributed by atoms with Crippen molar-refractivity contribution in [3.05, 3.63) is 81.7 Å². The van der Waals surface area contributed by atoms with Crippen molar-refractivity contribution < 1.29 is 14.3 Å². The SMILES string of the molecule is O=C(COc1ccc(Br)cc1Br)Oc1ccccc1-c1ccccc1. The third-order valence-electron chi connectivity index (χ3n) is 3.44. The van der Waals surface area contributed by atoms with Gasteiger partial charge >= 0.3 is 5.97 Å². The molecule has 25 heavy (non-hydrogen) atoms. The molecule has 0 unspecified atom stereocenters. The number of rotatable bonds is 5. The summed E-state index contributed by atoms with van der Waals surface area (Å²) in [5.74, 6) is 0.631. The molecule has 0 fully saturated rings. The van der Waals surface area contributed by atoms with E-state index < -0.39 is 5.97 Å². The minimum absolute atomic E-state index is 0.177. The van der Waals surface area contributed by atoms with Gasteiger partial charge in [0.25, 0.3) is 0 Å². The van der Waals surface area contributed by atoms with Gasteiger partial charge in [-0.25, -0.2) is 4.79 Å². The molecule has 3 aromatic rings. The van der Waals surface area contributed by atoms with Crippen LogP contribution >= 0.6 is 31.9 Å². The van der Waals surface area contributed by atoms with Crippen LogP contribution in [0, 0.1) is 0 Å². The Morgan fingerprint density at radius 1 is 0.840 bits per heavy atom. The van der Waals surface area contributed by atoms with Crippen molar-refractivity contribution in [1.29, 1.82) is 0 Å². The summed E-state index contributed by atoms with van der Waals surface area (Å²) < 4.78 is 12.7. The maximum Gasteiger partial charge on any atom is 0.349 e. The third-order valence-corrected chi connectivity index (χ3v) is 4.55. The molecule has 5 heteroatoms. The first kappa shape index (κ1) is 17.7. The summed E-state index contributed by atoms with van der Waals surface area (Å²) in [6.45, 7) is -0.177. The van der Waals surface area contributed by atoms with Gasteiger partial charge < -0.3 is 9.47 Å². The molecule has 0 radical (unpaired) electrons. The zero-order valence-electron chi connectivity index (χ0n) is 13.1. The summed E-state index contributed by atoms with van der Waals surface area (Å²) >= 11 is 6.77. The molecule has 0 spiro atoms. The van der Waals surface area contributed by atoms with Crippen LogP contribution in [0.2, 0.25) is 0 Å². The largest absolute Gasteiger partial charge is 0.481 e. The van der Waals surface area contributed by atoms with Crippen molar-refractivity contribution in [3.63, 3.8) is 0 Å². The maximum atomic E-state index is 12.2. The molecule has 3 rings (SSSR count). The number of benzene rings is 3. The lowest BCUT2D eigenvalue weighted by Crippen LogP contribution is -2.18. The lowest BCUT2D eigenvalue weighted by atomic mass is 10.1. The number of esters is 1. The van der Waals surface area contributed by atoms with E-state index in [-0.39, 0.29) is 6.61 Å². The number of carbonyl (C=O) groups is 1. The molecular formula is C20H14Br2O3. The van der Waals surface area contributed by atoms with E-state index in [1.54, 1.807) is 12.1 Å². The summed E-state index contributed by atoms with van der Waals surface area (Å²) in [7, 11) is 0. The summed E-state index contributed by atoms with van der Waals surface area (Å²) in [6.07, 6.45) is 0. The van der Waals surface area contributed by atoms with E-state index in [4.69, 9.17) is 9.47 Å². The van der Waals surface area contributed by atoms with E-state index in [9.17, 15) is 4.79 Å². The van der Waals surface area contributed by atoms with Crippen LogP contribution in [0.15, 0.2) is 81.7 Å². The van der Waals surface area contributed by atoms with Gasteiger partial charge in [0.15, 0.2) is 6.61 Å². The minimum Gasteiger partial charge on any atom is -0.481 e. The molecule has 0 bridgehead atoms. The second-order valence-corrected chi connectivity index (χ2v) is 6.97. The fourth-order valence-corrected chi connectivity index (χ4v) is 3.45. The number of hydrogen-bond acceptors (Lipinski definition) is 3. The first-order chi connectivity index (χ1) is 12.1. The molecule has 0 atom stereocenters. The highest BCUT2D eigenvalue weighted by Gasteiger charge is 2.12. The molecule has 0 N–H and O–H groups in total. The molecular weight excluding hydrogens is 448 g/mol. The number of ether oxygens (including phenoxy) is 2. The third kappa shape index (κ3) is 4.71. The fraction of sp³-hybridized carbons (Fsp3) is 0.0500.